The molecular weight excluding hydrogens is 884 g/mol. The van der Waals surface area contributed by atoms with Gasteiger partial charge in [-0.25, -0.2) is 4.98 Å². The summed E-state index contributed by atoms with van der Waals surface area (Å²) in [4.78, 5) is 10.2. The molecule has 0 saturated heterocycles. The van der Waals surface area contributed by atoms with Crippen LogP contribution >= 0.6 is 0 Å². The van der Waals surface area contributed by atoms with Crippen LogP contribution in [-0.2, 0) is 26.5 Å². The average molecular weight is 929 g/mol. The normalized spacial score (nSPS) is 13.2. The van der Waals surface area contributed by atoms with Crippen LogP contribution < -0.4 is 30.9 Å². The summed E-state index contributed by atoms with van der Waals surface area (Å²) in [6.07, 6.45) is 1.94. The van der Waals surface area contributed by atoms with Gasteiger partial charge in [-0.3, -0.25) is 0 Å². The number of nitrogens with zero attached hydrogens (tertiary/aromatic N) is 4. The van der Waals surface area contributed by atoms with Crippen LogP contribution in [0, 0.1) is 12.1 Å². The second-order valence-corrected chi connectivity index (χ2v) is 20.2. The molecule has 1 N–H and O–H groups in total. The summed E-state index contributed by atoms with van der Waals surface area (Å²) < 4.78 is 2.31. The van der Waals surface area contributed by atoms with Crippen molar-refractivity contribution in [1.29, 1.82) is 0 Å². The third-order valence-electron chi connectivity index (χ3n) is 10.8. The van der Waals surface area contributed by atoms with Crippen molar-refractivity contribution in [3.05, 3.63) is 176 Å². The number of anilines is 3. The van der Waals surface area contributed by atoms with Crippen LogP contribution in [-0.4, -0.2) is 28.1 Å². The molecule has 0 bridgehead atoms. The van der Waals surface area contributed by atoms with Crippen molar-refractivity contribution in [3.63, 3.8) is 0 Å². The van der Waals surface area contributed by atoms with Crippen molar-refractivity contribution in [3.8, 4) is 5.82 Å². The molecule has 0 fully saturated rings. The Hall–Kier alpha value is -5.26. The summed E-state index contributed by atoms with van der Waals surface area (Å²) in [7, 11) is -3.09. The zero-order chi connectivity index (χ0) is 38.0. The van der Waals surface area contributed by atoms with E-state index in [2.05, 4.69) is 220 Å². The molecule has 0 unspecified atom stereocenters. The molecule has 0 aliphatic carbocycles. The third kappa shape index (κ3) is 6.21. The van der Waals surface area contributed by atoms with E-state index in [-0.39, 0.29) is 32.0 Å². The number of para-hydroxylation sites is 3. The van der Waals surface area contributed by atoms with Crippen molar-refractivity contribution in [2.45, 2.75) is 52.5 Å². The van der Waals surface area contributed by atoms with Crippen molar-refractivity contribution in [2.75, 3.05) is 10.1 Å². The van der Waals surface area contributed by atoms with Crippen molar-refractivity contribution in [2.24, 2.45) is 0 Å². The second-order valence-electron chi connectivity index (χ2n) is 16.4. The molecule has 5 nitrogen and oxygen atoms in total. The van der Waals surface area contributed by atoms with Gasteiger partial charge in [-0.1, -0.05) is 117 Å². The molecular formula is C49H45N4OPtSi-. The number of pyridine rings is 1. The predicted molar refractivity (Wildman–Crippen MR) is 231 cm³/mol. The zero-order valence-electron chi connectivity index (χ0n) is 32.6. The molecule has 6 aromatic carbocycles. The number of hydrogen-bond donors (Lipinski definition) is 0. The fraction of sp³-hybridized carbons (Fsp3) is 0.163. The summed E-state index contributed by atoms with van der Waals surface area (Å²) in [5.41, 5.74) is 6.16. The average Bonchev–Trinajstić information content (AvgIpc) is 3.76. The van der Waals surface area contributed by atoms with Crippen LogP contribution in [0.15, 0.2) is 158 Å². The van der Waals surface area contributed by atoms with Gasteiger partial charge in [-0.15, -0.1) is 21.6 Å². The van der Waals surface area contributed by atoms with Gasteiger partial charge in [-0.2, -0.15) is 51.7 Å². The summed E-state index contributed by atoms with van der Waals surface area (Å²) in [5.74, 6) is 0.894. The molecule has 0 amide bonds. The first-order valence-corrected chi connectivity index (χ1v) is 21.0. The maximum Gasteiger partial charge on any atom is 0.145 e. The number of fused-ring (bicyclic) bond motifs is 4. The van der Waals surface area contributed by atoms with Gasteiger partial charge in [0.05, 0.1) is 0 Å². The molecule has 8 aromatic rings. The van der Waals surface area contributed by atoms with Crippen LogP contribution in [0.4, 0.5) is 17.1 Å². The van der Waals surface area contributed by atoms with E-state index in [9.17, 15) is 0 Å². The van der Waals surface area contributed by atoms with Crippen LogP contribution in [0.2, 0.25) is 0 Å². The van der Waals surface area contributed by atoms with E-state index in [1.54, 1.807) is 0 Å². The van der Waals surface area contributed by atoms with Crippen LogP contribution in [0.1, 0.15) is 47.1 Å². The summed E-state index contributed by atoms with van der Waals surface area (Å²) in [6, 6.07) is 62.8. The fourth-order valence-corrected chi connectivity index (χ4v) is 12.7. The quantitative estimate of drug-likeness (QED) is 0.0724. The van der Waals surface area contributed by atoms with Gasteiger partial charge in [0.15, 0.2) is 0 Å². The van der Waals surface area contributed by atoms with E-state index in [1.807, 2.05) is 6.20 Å². The van der Waals surface area contributed by atoms with Crippen LogP contribution in [0.3, 0.4) is 0 Å². The van der Waals surface area contributed by atoms with E-state index < -0.39 is 8.07 Å². The Morgan fingerprint density at radius 3 is 1.89 bits per heavy atom. The zero-order valence-corrected chi connectivity index (χ0v) is 35.8. The Kier molecular flexibility index (Phi) is 9.65. The molecule has 0 saturated carbocycles. The van der Waals surface area contributed by atoms with E-state index in [0.717, 1.165) is 49.7 Å². The topological polar surface area (TPSA) is 37.1 Å². The number of rotatable bonds is 6. The molecule has 56 heavy (non-hydrogen) atoms. The van der Waals surface area contributed by atoms with E-state index in [0.29, 0.717) is 0 Å². The van der Waals surface area contributed by atoms with E-state index in [1.165, 1.54) is 21.3 Å². The van der Waals surface area contributed by atoms with Gasteiger partial charge in [0, 0.05) is 38.5 Å². The monoisotopic (exact) mass is 928 g/mol. The van der Waals surface area contributed by atoms with E-state index in [4.69, 9.17) is 9.92 Å². The number of aromatic nitrogens is 2. The first kappa shape index (κ1) is 37.6. The Bertz CT molecular complexity index is 2640. The molecule has 3 heterocycles. The molecule has 7 heteroatoms. The molecule has 9 rings (SSSR count). The fourth-order valence-electron chi connectivity index (χ4n) is 8.15. The Morgan fingerprint density at radius 2 is 1.21 bits per heavy atom. The minimum Gasteiger partial charge on any atom is -0.319 e. The van der Waals surface area contributed by atoms with Crippen molar-refractivity contribution >= 4 is 67.7 Å². The Morgan fingerprint density at radius 1 is 0.589 bits per heavy atom. The number of hydrogen-bond acceptors (Lipinski definition) is 3. The van der Waals surface area contributed by atoms with Crippen molar-refractivity contribution < 1.29 is 26.0 Å². The van der Waals surface area contributed by atoms with Gasteiger partial charge in [-0.05, 0) is 77.8 Å². The van der Waals surface area contributed by atoms with E-state index >= 15 is 0 Å². The SMILES string of the molecule is CC(C)(C)c1ccnc(-n2c3[c-]c([Si](c4[c-]c(N5[OH+]N(C(C)(C)C)c6ccccc65)ccc4)(c4ccccc4)c4ccccc4)ccc3c3ccccc32)c1.[Pt]. The first-order valence-electron chi connectivity index (χ1n) is 19.0. The van der Waals surface area contributed by atoms with Gasteiger partial charge in [0.1, 0.15) is 30.8 Å². The maximum absolute atomic E-state index is 5.21. The minimum atomic E-state index is -3.09. The summed E-state index contributed by atoms with van der Waals surface area (Å²) in [6.45, 7) is 13.3. The summed E-state index contributed by atoms with van der Waals surface area (Å²) in [5, 5.41) is 11.3. The van der Waals surface area contributed by atoms with Gasteiger partial charge in [0.2, 0.25) is 0 Å². The van der Waals surface area contributed by atoms with Gasteiger partial charge in [0.25, 0.3) is 0 Å². The molecule has 0 atom stereocenters. The molecule has 2 aromatic heterocycles. The first-order chi connectivity index (χ1) is 26.5. The maximum atomic E-state index is 5.21. The Balaban J connectivity index is 0.00000441. The molecule has 1 aliphatic heterocycles. The number of hydroxylamine groups is 1. The minimum absolute atomic E-state index is 0. The van der Waals surface area contributed by atoms with Gasteiger partial charge >= 0.3 is 0 Å². The smallest absolute Gasteiger partial charge is 0.145 e. The van der Waals surface area contributed by atoms with Crippen LogP contribution in [0.25, 0.3) is 27.6 Å². The Labute approximate surface area is 345 Å². The largest absolute Gasteiger partial charge is 0.319 e. The molecule has 0 spiro atoms. The standard InChI is InChI=1S/C49H44N4OSi.Pt/c1-48(2,3)35-30-31-50-47(32-35)51-43-25-14-13-24-41(43)42-29-28-40(34-46(42)51)55(37-19-9-7-10-20-37,38-21-11-8-12-22-38)39-23-17-18-36(33-39)52-44-26-15-16-27-45(44)53(54-52)49(4,5)6;/h7-32H,1-6H3;/q-2;/p+1. The third-order valence-corrected chi connectivity index (χ3v) is 15.4. The molecule has 1 aliphatic rings. The van der Waals surface area contributed by atoms with Crippen LogP contribution in [0.5, 0.6) is 0 Å². The van der Waals surface area contributed by atoms with Crippen molar-refractivity contribution in [1.82, 2.24) is 9.55 Å². The molecule has 0 radical (unpaired) electrons. The summed E-state index contributed by atoms with van der Waals surface area (Å²) >= 11 is 0. The van der Waals surface area contributed by atoms with Gasteiger partial charge < -0.3 is 4.57 Å². The predicted octanol–water partition coefficient (Wildman–Crippen LogP) is 9.05. The second kappa shape index (κ2) is 14.3. The number of benzene rings is 6. The molecule has 282 valence electrons.